The molecule has 1 aromatic heterocycles. The van der Waals surface area contributed by atoms with Gasteiger partial charge in [0.2, 0.25) is 0 Å². The average Bonchev–Trinajstić information content (AvgIpc) is 2.52. The molecule has 0 radical (unpaired) electrons. The first kappa shape index (κ1) is 10.1. The molecule has 0 unspecified atom stereocenters. The molecule has 0 aliphatic rings. The van der Waals surface area contributed by atoms with E-state index in [1.54, 1.807) is 18.0 Å². The Morgan fingerprint density at radius 3 is 3.00 bits per heavy atom. The zero-order valence-corrected chi connectivity index (χ0v) is 7.86. The number of aromatic nitrogens is 3. The minimum atomic E-state index is 0.530. The van der Waals surface area contributed by atoms with Gasteiger partial charge in [0.1, 0.15) is 0 Å². The maximum Gasteiger partial charge on any atom is 0.0916 e. The van der Waals surface area contributed by atoms with Gasteiger partial charge in [-0.2, -0.15) is 5.48 Å². The summed E-state index contributed by atoms with van der Waals surface area (Å²) < 4.78 is 6.50. The Balaban J connectivity index is 2.10. The zero-order valence-electron chi connectivity index (χ0n) is 7.86. The Morgan fingerprint density at radius 1 is 1.54 bits per heavy atom. The molecule has 13 heavy (non-hydrogen) atoms. The summed E-state index contributed by atoms with van der Waals surface area (Å²) in [7, 11) is 3.47. The maximum atomic E-state index is 5.06. The molecular formula is C7H14N4O2. The van der Waals surface area contributed by atoms with Crippen LogP contribution >= 0.6 is 0 Å². The normalized spacial score (nSPS) is 10.6. The van der Waals surface area contributed by atoms with Crippen molar-refractivity contribution in [1.29, 1.82) is 0 Å². The summed E-state index contributed by atoms with van der Waals surface area (Å²) in [6.07, 6.45) is 1.69. The van der Waals surface area contributed by atoms with E-state index in [2.05, 4.69) is 15.8 Å². The maximum absolute atomic E-state index is 5.06. The van der Waals surface area contributed by atoms with Gasteiger partial charge >= 0.3 is 0 Å². The molecule has 0 spiro atoms. The fourth-order valence-electron chi connectivity index (χ4n) is 0.793. The highest BCUT2D eigenvalue weighted by molar-refractivity contribution is 4.91. The van der Waals surface area contributed by atoms with Gasteiger partial charge in [0.25, 0.3) is 0 Å². The monoisotopic (exact) mass is 186 g/mol. The number of hydrogen-bond donors (Lipinski definition) is 1. The average molecular weight is 186 g/mol. The van der Waals surface area contributed by atoms with Crippen molar-refractivity contribution in [2.75, 3.05) is 20.3 Å². The van der Waals surface area contributed by atoms with Crippen LogP contribution in [0.15, 0.2) is 6.20 Å². The van der Waals surface area contributed by atoms with E-state index in [0.717, 1.165) is 5.69 Å². The molecule has 74 valence electrons. The van der Waals surface area contributed by atoms with E-state index in [0.29, 0.717) is 19.8 Å². The van der Waals surface area contributed by atoms with Crippen LogP contribution < -0.4 is 5.48 Å². The number of hydrogen-bond acceptors (Lipinski definition) is 5. The summed E-state index contributed by atoms with van der Waals surface area (Å²) in [5.41, 5.74) is 3.75. The van der Waals surface area contributed by atoms with Crippen LogP contribution in [0.2, 0.25) is 0 Å². The second-order valence-electron chi connectivity index (χ2n) is 2.51. The predicted molar refractivity (Wildman–Crippen MR) is 45.7 cm³/mol. The van der Waals surface area contributed by atoms with Gasteiger partial charge in [-0.05, 0) is 0 Å². The smallest absolute Gasteiger partial charge is 0.0916 e. The molecule has 1 aromatic rings. The Hall–Kier alpha value is -0.980. The largest absolute Gasteiger partial charge is 0.382 e. The van der Waals surface area contributed by atoms with Gasteiger partial charge in [0, 0.05) is 14.2 Å². The van der Waals surface area contributed by atoms with Crippen molar-refractivity contribution < 1.29 is 9.57 Å². The topological polar surface area (TPSA) is 61.2 Å². The standard InChI is InChI=1S/C7H14N4O2/c1-11-7(5-8-10-11)6-9-13-4-3-12-2/h5,9H,3-4,6H2,1-2H3. The van der Waals surface area contributed by atoms with E-state index in [9.17, 15) is 0 Å². The van der Waals surface area contributed by atoms with Gasteiger partial charge in [0.05, 0.1) is 31.6 Å². The first-order chi connectivity index (χ1) is 6.34. The zero-order chi connectivity index (χ0) is 9.52. The SMILES string of the molecule is COCCONCc1cnnn1C. The van der Waals surface area contributed by atoms with E-state index < -0.39 is 0 Å². The van der Waals surface area contributed by atoms with E-state index in [4.69, 9.17) is 9.57 Å². The van der Waals surface area contributed by atoms with E-state index in [1.807, 2.05) is 7.05 Å². The molecule has 1 heterocycles. The van der Waals surface area contributed by atoms with Crippen molar-refractivity contribution in [3.05, 3.63) is 11.9 Å². The van der Waals surface area contributed by atoms with Crippen LogP contribution in [0.5, 0.6) is 0 Å². The van der Waals surface area contributed by atoms with Crippen LogP contribution in [0.4, 0.5) is 0 Å². The third-order valence-electron chi connectivity index (χ3n) is 1.55. The lowest BCUT2D eigenvalue weighted by molar-refractivity contribution is 0.00257. The number of ether oxygens (including phenoxy) is 1. The van der Waals surface area contributed by atoms with Gasteiger partial charge in [0.15, 0.2) is 0 Å². The van der Waals surface area contributed by atoms with Gasteiger partial charge in [-0.3, -0.25) is 9.52 Å². The van der Waals surface area contributed by atoms with Crippen LogP contribution in [0, 0.1) is 0 Å². The van der Waals surface area contributed by atoms with Crippen molar-refractivity contribution in [1.82, 2.24) is 20.5 Å². The minimum Gasteiger partial charge on any atom is -0.382 e. The molecule has 0 bridgehead atoms. The highest BCUT2D eigenvalue weighted by Crippen LogP contribution is 1.91. The van der Waals surface area contributed by atoms with E-state index in [-0.39, 0.29) is 0 Å². The highest BCUT2D eigenvalue weighted by Gasteiger charge is 1.97. The second-order valence-corrected chi connectivity index (χ2v) is 2.51. The Morgan fingerprint density at radius 2 is 2.38 bits per heavy atom. The number of nitrogens with one attached hydrogen (secondary N) is 1. The number of methoxy groups -OCH3 is 1. The molecule has 0 aliphatic heterocycles. The van der Waals surface area contributed by atoms with Crippen LogP contribution in [0.25, 0.3) is 0 Å². The van der Waals surface area contributed by atoms with Crippen molar-refractivity contribution in [3.8, 4) is 0 Å². The Kier molecular flexibility index (Phi) is 4.37. The van der Waals surface area contributed by atoms with Crippen LogP contribution in [0.3, 0.4) is 0 Å². The molecule has 1 N–H and O–H groups in total. The molecule has 0 atom stereocenters. The summed E-state index contributed by atoms with van der Waals surface area (Å²) in [5.74, 6) is 0. The molecule has 0 aromatic carbocycles. The summed E-state index contributed by atoms with van der Waals surface area (Å²) in [4.78, 5) is 5.06. The molecule has 0 amide bonds. The molecule has 0 saturated heterocycles. The lowest BCUT2D eigenvalue weighted by atomic mass is 10.5. The number of hydroxylamine groups is 1. The third-order valence-corrected chi connectivity index (χ3v) is 1.55. The van der Waals surface area contributed by atoms with E-state index in [1.165, 1.54) is 0 Å². The molecule has 0 aliphatic carbocycles. The minimum absolute atomic E-state index is 0.530. The van der Waals surface area contributed by atoms with Gasteiger partial charge in [-0.25, -0.2) is 0 Å². The lowest BCUT2D eigenvalue weighted by Gasteiger charge is -2.04. The molecule has 0 fully saturated rings. The van der Waals surface area contributed by atoms with Gasteiger partial charge in [-0.15, -0.1) is 5.10 Å². The first-order valence-electron chi connectivity index (χ1n) is 4.01. The second kappa shape index (κ2) is 5.63. The lowest BCUT2D eigenvalue weighted by Crippen LogP contribution is -2.18. The molecule has 6 heteroatoms. The number of rotatable bonds is 6. The predicted octanol–water partition coefficient (Wildman–Crippen LogP) is -0.517. The summed E-state index contributed by atoms with van der Waals surface area (Å²) in [6.45, 7) is 1.70. The van der Waals surface area contributed by atoms with Crippen molar-refractivity contribution in [3.63, 3.8) is 0 Å². The van der Waals surface area contributed by atoms with Crippen LogP contribution in [0.1, 0.15) is 5.69 Å². The summed E-state index contributed by atoms with van der Waals surface area (Å²) >= 11 is 0. The van der Waals surface area contributed by atoms with Gasteiger partial charge in [-0.1, -0.05) is 5.21 Å². The van der Waals surface area contributed by atoms with Crippen molar-refractivity contribution in [2.45, 2.75) is 6.54 Å². The molecule has 0 saturated carbocycles. The van der Waals surface area contributed by atoms with Crippen molar-refractivity contribution in [2.24, 2.45) is 7.05 Å². The van der Waals surface area contributed by atoms with Crippen LogP contribution in [-0.2, 0) is 23.2 Å². The highest BCUT2D eigenvalue weighted by atomic mass is 16.7. The summed E-state index contributed by atoms with van der Waals surface area (Å²) in [6, 6.07) is 0. The quantitative estimate of drug-likeness (QED) is 0.478. The van der Waals surface area contributed by atoms with Crippen LogP contribution in [-0.4, -0.2) is 35.3 Å². The molecule has 1 rings (SSSR count). The van der Waals surface area contributed by atoms with Crippen molar-refractivity contribution >= 4 is 0 Å². The van der Waals surface area contributed by atoms with Gasteiger partial charge < -0.3 is 4.74 Å². The first-order valence-corrected chi connectivity index (χ1v) is 4.01. The molecule has 6 nitrogen and oxygen atoms in total. The number of nitrogens with zero attached hydrogens (tertiary/aromatic N) is 3. The number of aryl methyl sites for hydroxylation is 1. The van der Waals surface area contributed by atoms with E-state index >= 15 is 0 Å². The summed E-state index contributed by atoms with van der Waals surface area (Å²) in [5, 5.41) is 7.51. The fraction of sp³-hybridized carbons (Fsp3) is 0.714. The fourth-order valence-corrected chi connectivity index (χ4v) is 0.793. The molecular weight excluding hydrogens is 172 g/mol. The Labute approximate surface area is 76.8 Å². The Bertz CT molecular complexity index is 238. The third kappa shape index (κ3) is 3.49.